The molecule has 12 nitrogen and oxygen atoms in total. The molecule has 0 amide bonds. The van der Waals surface area contributed by atoms with Crippen molar-refractivity contribution in [2.24, 2.45) is 11.3 Å². The van der Waals surface area contributed by atoms with E-state index in [9.17, 15) is 14.4 Å². The van der Waals surface area contributed by atoms with Crippen molar-refractivity contribution in [3.8, 4) is 0 Å². The van der Waals surface area contributed by atoms with Crippen LogP contribution in [0.1, 0.15) is 26.2 Å². The molecular formula is C21H40O12. The Hall–Kier alpha value is -2.61. The van der Waals surface area contributed by atoms with Gasteiger partial charge in [-0.1, -0.05) is 26.7 Å². The summed E-state index contributed by atoms with van der Waals surface area (Å²) in [6.45, 7) is 10.4. The van der Waals surface area contributed by atoms with E-state index in [-0.39, 0.29) is 45.6 Å². The molecule has 0 aromatic carbocycles. The molecule has 9 N–H and O–H groups in total. The third-order valence-electron chi connectivity index (χ3n) is 3.57. The van der Waals surface area contributed by atoms with Gasteiger partial charge in [-0.25, -0.2) is 14.4 Å². The minimum absolute atomic E-state index is 0.0104. The third-order valence-corrected chi connectivity index (χ3v) is 3.57. The molecule has 0 spiro atoms. The van der Waals surface area contributed by atoms with Gasteiger partial charge in [-0.15, -0.1) is 0 Å². The molecule has 0 saturated heterocycles. The number of hydrogen-bond donors (Lipinski definition) is 9. The largest absolute Gasteiger partial charge is 0.478 e. The number of carboxylic acid groups (broad SMARTS) is 3. The van der Waals surface area contributed by atoms with Gasteiger partial charge < -0.3 is 46.0 Å². The van der Waals surface area contributed by atoms with E-state index in [2.05, 4.69) is 19.7 Å². The van der Waals surface area contributed by atoms with Gasteiger partial charge in [0.15, 0.2) is 0 Å². The van der Waals surface area contributed by atoms with Gasteiger partial charge in [0.25, 0.3) is 0 Å². The van der Waals surface area contributed by atoms with Crippen LogP contribution >= 0.6 is 0 Å². The van der Waals surface area contributed by atoms with Crippen molar-refractivity contribution in [1.29, 1.82) is 0 Å². The van der Waals surface area contributed by atoms with Crippen molar-refractivity contribution in [2.75, 3.05) is 39.6 Å². The molecule has 0 saturated carbocycles. The standard InChI is InChI=1S/2C6H14O3.3C3H4O2/c1-2-6(3-7,4-8)5-9;7-3-1-2-6(4-8)5-9;3*1-2-3(4)5/h7-9H,2-5H2,1H3;6-9H,1-5H2;3*2H,1H2,(H,4,5). The van der Waals surface area contributed by atoms with Crippen LogP contribution in [0.2, 0.25) is 0 Å². The highest BCUT2D eigenvalue weighted by atomic mass is 16.4. The number of aliphatic carboxylic acids is 3. The fourth-order valence-electron chi connectivity index (χ4n) is 1.11. The molecule has 0 fully saturated rings. The molecular weight excluding hydrogens is 444 g/mol. The smallest absolute Gasteiger partial charge is 0.327 e. The highest BCUT2D eigenvalue weighted by Gasteiger charge is 2.24. The van der Waals surface area contributed by atoms with Crippen LogP contribution in [-0.2, 0) is 14.4 Å². The van der Waals surface area contributed by atoms with Gasteiger partial charge in [0.1, 0.15) is 0 Å². The first kappa shape index (κ1) is 40.7. The maximum Gasteiger partial charge on any atom is 0.327 e. The van der Waals surface area contributed by atoms with Crippen LogP contribution in [0, 0.1) is 11.3 Å². The highest BCUT2D eigenvalue weighted by molar-refractivity contribution is 5.79. The monoisotopic (exact) mass is 484 g/mol. The number of aliphatic hydroxyl groups excluding tert-OH is 6. The zero-order chi connectivity index (χ0) is 27.3. The van der Waals surface area contributed by atoms with Gasteiger partial charge in [0.2, 0.25) is 0 Å². The minimum atomic E-state index is -0.981. The van der Waals surface area contributed by atoms with E-state index in [0.717, 1.165) is 18.2 Å². The average Bonchev–Trinajstić information content (AvgIpc) is 2.83. The fourth-order valence-corrected chi connectivity index (χ4v) is 1.11. The first-order chi connectivity index (χ1) is 15.4. The summed E-state index contributed by atoms with van der Waals surface area (Å²) in [6, 6.07) is 0. The topological polar surface area (TPSA) is 233 Å². The van der Waals surface area contributed by atoms with E-state index in [4.69, 9.17) is 46.0 Å². The van der Waals surface area contributed by atoms with Crippen molar-refractivity contribution in [2.45, 2.75) is 26.2 Å². The SMILES string of the molecule is C=CC(=O)O.C=CC(=O)O.C=CC(=O)O.CCC(CO)(CO)CO.OCCCC(CO)CO. The van der Waals surface area contributed by atoms with Crippen LogP contribution in [0.5, 0.6) is 0 Å². The molecule has 196 valence electrons. The Morgan fingerprint density at radius 3 is 1.09 bits per heavy atom. The Balaban J connectivity index is -0.000000102. The lowest BCUT2D eigenvalue weighted by Crippen LogP contribution is -2.32. The summed E-state index contributed by atoms with van der Waals surface area (Å²) in [4.78, 5) is 27.8. The molecule has 0 radical (unpaired) electrons. The lowest BCUT2D eigenvalue weighted by molar-refractivity contribution is -0.132. The summed E-state index contributed by atoms with van der Waals surface area (Å²) < 4.78 is 0. The Kier molecular flexibility index (Phi) is 39.0. The van der Waals surface area contributed by atoms with Crippen molar-refractivity contribution < 1.29 is 60.3 Å². The second kappa shape index (κ2) is 31.6. The molecule has 0 aliphatic heterocycles. The summed E-state index contributed by atoms with van der Waals surface area (Å²) in [5.74, 6) is -2.99. The molecule has 0 aliphatic carbocycles. The van der Waals surface area contributed by atoms with Crippen molar-refractivity contribution >= 4 is 17.9 Å². The number of carbonyl (C=O) groups is 3. The molecule has 0 rings (SSSR count). The van der Waals surface area contributed by atoms with Crippen LogP contribution in [-0.4, -0.2) is 104 Å². The quantitative estimate of drug-likeness (QED) is 0.159. The second-order valence-corrected chi connectivity index (χ2v) is 6.05. The lowest BCUT2D eigenvalue weighted by Gasteiger charge is -2.24. The summed E-state index contributed by atoms with van der Waals surface area (Å²) >= 11 is 0. The van der Waals surface area contributed by atoms with Crippen LogP contribution in [0.4, 0.5) is 0 Å². The second-order valence-electron chi connectivity index (χ2n) is 6.05. The van der Waals surface area contributed by atoms with E-state index in [1.54, 1.807) is 0 Å². The van der Waals surface area contributed by atoms with E-state index < -0.39 is 23.3 Å². The van der Waals surface area contributed by atoms with Crippen molar-refractivity contribution in [3.05, 3.63) is 38.0 Å². The molecule has 0 bridgehead atoms. The summed E-state index contributed by atoms with van der Waals surface area (Å²) in [7, 11) is 0. The van der Waals surface area contributed by atoms with Gasteiger partial charge in [0.05, 0.1) is 19.8 Å². The van der Waals surface area contributed by atoms with Crippen LogP contribution in [0.3, 0.4) is 0 Å². The Bertz CT molecular complexity index is 437. The summed E-state index contributed by atoms with van der Waals surface area (Å²) in [5, 5.41) is 74.1. The summed E-state index contributed by atoms with van der Waals surface area (Å²) in [5.41, 5.74) is -0.667. The predicted molar refractivity (Wildman–Crippen MR) is 121 cm³/mol. The Morgan fingerprint density at radius 1 is 0.727 bits per heavy atom. The third kappa shape index (κ3) is 40.3. The minimum Gasteiger partial charge on any atom is -0.478 e. The van der Waals surface area contributed by atoms with Gasteiger partial charge in [0, 0.05) is 49.4 Å². The first-order valence-corrected chi connectivity index (χ1v) is 9.62. The normalized spacial score (nSPS) is 9.09. The number of hydrogen-bond acceptors (Lipinski definition) is 9. The maximum atomic E-state index is 9.25. The van der Waals surface area contributed by atoms with Crippen LogP contribution in [0.25, 0.3) is 0 Å². The average molecular weight is 485 g/mol. The zero-order valence-corrected chi connectivity index (χ0v) is 19.0. The Labute approximate surface area is 194 Å². The van der Waals surface area contributed by atoms with E-state index in [1.165, 1.54) is 0 Å². The van der Waals surface area contributed by atoms with E-state index >= 15 is 0 Å². The Morgan fingerprint density at radius 2 is 1.00 bits per heavy atom. The van der Waals surface area contributed by atoms with Gasteiger partial charge in [-0.2, -0.15) is 0 Å². The molecule has 0 unspecified atom stereocenters. The lowest BCUT2D eigenvalue weighted by atomic mass is 9.88. The fraction of sp³-hybridized carbons (Fsp3) is 0.571. The van der Waals surface area contributed by atoms with Gasteiger partial charge >= 0.3 is 17.9 Å². The molecule has 0 aromatic rings. The number of aliphatic hydroxyl groups is 6. The highest BCUT2D eigenvalue weighted by Crippen LogP contribution is 2.18. The van der Waals surface area contributed by atoms with Crippen LogP contribution < -0.4 is 0 Å². The maximum absolute atomic E-state index is 9.25. The summed E-state index contributed by atoms with van der Waals surface area (Å²) in [6.07, 6.45) is 4.45. The van der Waals surface area contributed by atoms with Crippen molar-refractivity contribution in [3.63, 3.8) is 0 Å². The first-order valence-electron chi connectivity index (χ1n) is 9.62. The van der Waals surface area contributed by atoms with Crippen molar-refractivity contribution in [1.82, 2.24) is 0 Å². The molecule has 12 heteroatoms. The molecule has 0 aliphatic rings. The molecule has 0 atom stereocenters. The molecule has 33 heavy (non-hydrogen) atoms. The van der Waals surface area contributed by atoms with Crippen LogP contribution in [0.15, 0.2) is 38.0 Å². The van der Waals surface area contributed by atoms with Gasteiger partial charge in [-0.05, 0) is 19.3 Å². The predicted octanol–water partition coefficient (Wildman–Crippen LogP) is -0.510. The van der Waals surface area contributed by atoms with E-state index in [1.807, 2.05) is 6.92 Å². The zero-order valence-electron chi connectivity index (χ0n) is 19.0. The van der Waals surface area contributed by atoms with Gasteiger partial charge in [-0.3, -0.25) is 0 Å². The van der Waals surface area contributed by atoms with E-state index in [0.29, 0.717) is 19.3 Å². The molecule has 0 heterocycles. The number of rotatable bonds is 12. The number of carboxylic acids is 3. The molecule has 0 aromatic heterocycles.